The minimum atomic E-state index is -0.382. The van der Waals surface area contributed by atoms with E-state index >= 15 is 0 Å². The van der Waals surface area contributed by atoms with E-state index in [1.165, 1.54) is 12.2 Å². The number of carbonyl (C=O) groups is 1. The number of ketones is 1. The molecule has 1 aromatic carbocycles. The van der Waals surface area contributed by atoms with Crippen LogP contribution < -0.4 is 4.74 Å². The van der Waals surface area contributed by atoms with Crippen molar-refractivity contribution in [1.29, 1.82) is 0 Å². The summed E-state index contributed by atoms with van der Waals surface area (Å²) in [6.07, 6.45) is 2.97. The molecule has 3 nitrogen and oxygen atoms in total. The molecule has 0 saturated carbocycles. The number of methoxy groups -OCH3 is 1. The van der Waals surface area contributed by atoms with Gasteiger partial charge in [0.25, 0.3) is 0 Å². The van der Waals surface area contributed by atoms with Gasteiger partial charge in [0, 0.05) is 0 Å². The maximum atomic E-state index is 11.3. The second-order valence-corrected chi connectivity index (χ2v) is 4.36. The monoisotopic (exact) mass is 281 g/mol. The van der Waals surface area contributed by atoms with Crippen molar-refractivity contribution in [2.24, 2.45) is 4.99 Å². The fraction of sp³-hybridized carbons (Fsp3) is 0.0769. The molecule has 0 bridgehead atoms. The smallest absolute Gasteiger partial charge is 0.215 e. The number of Topliss-reactive ketones (excluding diaryl/α,β-unsaturated/α-hetero) is 1. The molecular weight excluding hydrogens is 273 g/mol. The summed E-state index contributed by atoms with van der Waals surface area (Å²) in [6, 6.07) is 7.19. The van der Waals surface area contributed by atoms with Gasteiger partial charge in [-0.25, -0.2) is 4.99 Å². The van der Waals surface area contributed by atoms with Gasteiger partial charge in [0.15, 0.2) is 0 Å². The molecular formula is C13H9Cl2NO2. The van der Waals surface area contributed by atoms with Gasteiger partial charge in [0.2, 0.25) is 5.78 Å². The Bertz CT molecular complexity index is 547. The Morgan fingerprint density at radius 3 is 2.11 bits per heavy atom. The van der Waals surface area contributed by atoms with Gasteiger partial charge >= 0.3 is 0 Å². The highest BCUT2D eigenvalue weighted by Gasteiger charge is 2.17. The lowest BCUT2D eigenvalue weighted by atomic mass is 10.1. The zero-order valence-electron chi connectivity index (χ0n) is 9.48. The number of carbonyl (C=O) groups excluding carboxylic acids is 1. The molecule has 0 unspecified atom stereocenters. The number of benzene rings is 1. The molecule has 0 fully saturated rings. The zero-order valence-corrected chi connectivity index (χ0v) is 11.0. The van der Waals surface area contributed by atoms with Crippen LogP contribution in [0.25, 0.3) is 0 Å². The van der Waals surface area contributed by atoms with E-state index < -0.39 is 0 Å². The fourth-order valence-corrected chi connectivity index (χ4v) is 1.89. The standard InChI is InChI=1S/C13H9Cl2NO2/c1-18-10-4-2-8(3-5-10)16-9-6-11(14)13(17)12(15)7-9/h2-7H,1H3. The highest BCUT2D eigenvalue weighted by molar-refractivity contribution is 6.57. The number of aliphatic imine (C=N–C) groups is 1. The molecule has 0 radical (unpaired) electrons. The molecule has 92 valence electrons. The van der Waals surface area contributed by atoms with Gasteiger partial charge in [-0.2, -0.15) is 0 Å². The van der Waals surface area contributed by atoms with Crippen molar-refractivity contribution < 1.29 is 9.53 Å². The first-order valence-electron chi connectivity index (χ1n) is 5.12. The van der Waals surface area contributed by atoms with E-state index in [1.54, 1.807) is 31.4 Å². The van der Waals surface area contributed by atoms with Crippen molar-refractivity contribution in [1.82, 2.24) is 0 Å². The number of nitrogens with zero attached hydrogens (tertiary/aromatic N) is 1. The summed E-state index contributed by atoms with van der Waals surface area (Å²) < 4.78 is 5.05. The van der Waals surface area contributed by atoms with E-state index in [0.29, 0.717) is 5.71 Å². The lowest BCUT2D eigenvalue weighted by molar-refractivity contribution is -0.111. The Morgan fingerprint density at radius 2 is 1.61 bits per heavy atom. The average molecular weight is 282 g/mol. The van der Waals surface area contributed by atoms with Crippen LogP contribution in [-0.2, 0) is 4.79 Å². The predicted octanol–water partition coefficient (Wildman–Crippen LogP) is 3.60. The first-order valence-corrected chi connectivity index (χ1v) is 5.87. The molecule has 0 aliphatic heterocycles. The summed E-state index contributed by atoms with van der Waals surface area (Å²) in [6.45, 7) is 0. The van der Waals surface area contributed by atoms with Gasteiger partial charge in [-0.1, -0.05) is 23.2 Å². The average Bonchev–Trinajstić information content (AvgIpc) is 2.37. The molecule has 0 saturated heterocycles. The van der Waals surface area contributed by atoms with Crippen LogP contribution in [0.5, 0.6) is 5.75 Å². The minimum absolute atomic E-state index is 0.0646. The van der Waals surface area contributed by atoms with Crippen LogP contribution >= 0.6 is 23.2 Å². The molecule has 2 rings (SSSR count). The van der Waals surface area contributed by atoms with E-state index in [9.17, 15) is 4.79 Å². The molecule has 18 heavy (non-hydrogen) atoms. The van der Waals surface area contributed by atoms with E-state index in [2.05, 4.69) is 4.99 Å². The van der Waals surface area contributed by atoms with Crippen LogP contribution in [0, 0.1) is 0 Å². The second kappa shape index (κ2) is 5.38. The van der Waals surface area contributed by atoms with Crippen molar-refractivity contribution in [2.45, 2.75) is 0 Å². The molecule has 1 aromatic rings. The van der Waals surface area contributed by atoms with Gasteiger partial charge < -0.3 is 4.74 Å². The summed E-state index contributed by atoms with van der Waals surface area (Å²) in [4.78, 5) is 15.7. The van der Waals surface area contributed by atoms with Gasteiger partial charge in [0.05, 0.1) is 28.6 Å². The third-order valence-corrected chi connectivity index (χ3v) is 2.88. The topological polar surface area (TPSA) is 38.7 Å². The third kappa shape index (κ3) is 2.81. The van der Waals surface area contributed by atoms with Crippen LogP contribution in [0.15, 0.2) is 51.5 Å². The number of halogens is 2. The Morgan fingerprint density at radius 1 is 1.06 bits per heavy atom. The highest BCUT2D eigenvalue weighted by Crippen LogP contribution is 2.23. The molecule has 0 N–H and O–H groups in total. The van der Waals surface area contributed by atoms with E-state index in [1.807, 2.05) is 0 Å². The summed E-state index contributed by atoms with van der Waals surface area (Å²) in [5, 5.41) is 0.129. The van der Waals surface area contributed by atoms with Crippen LogP contribution in [0.3, 0.4) is 0 Å². The largest absolute Gasteiger partial charge is 0.497 e. The lowest BCUT2D eigenvalue weighted by Gasteiger charge is -2.06. The van der Waals surface area contributed by atoms with Gasteiger partial charge in [-0.05, 0) is 36.4 Å². The molecule has 0 atom stereocenters. The SMILES string of the molecule is COc1ccc(N=C2C=C(Cl)C(=O)C(Cl)=C2)cc1. The first kappa shape index (κ1) is 12.9. The maximum absolute atomic E-state index is 11.3. The highest BCUT2D eigenvalue weighted by atomic mass is 35.5. The quantitative estimate of drug-likeness (QED) is 0.777. The number of ether oxygens (including phenoxy) is 1. The molecule has 0 spiro atoms. The molecule has 1 aliphatic carbocycles. The van der Waals surface area contributed by atoms with Crippen LogP contribution in [-0.4, -0.2) is 18.6 Å². The third-order valence-electron chi connectivity index (χ3n) is 2.31. The number of hydrogen-bond acceptors (Lipinski definition) is 3. The van der Waals surface area contributed by atoms with E-state index in [0.717, 1.165) is 11.4 Å². The van der Waals surface area contributed by atoms with E-state index in [4.69, 9.17) is 27.9 Å². The number of hydrogen-bond donors (Lipinski definition) is 0. The normalized spacial score (nSPS) is 15.1. The summed E-state index contributed by atoms with van der Waals surface area (Å²) >= 11 is 11.5. The predicted molar refractivity (Wildman–Crippen MR) is 73.0 cm³/mol. The van der Waals surface area contributed by atoms with Crippen LogP contribution in [0.2, 0.25) is 0 Å². The minimum Gasteiger partial charge on any atom is -0.497 e. The van der Waals surface area contributed by atoms with Crippen LogP contribution in [0.1, 0.15) is 0 Å². The van der Waals surface area contributed by atoms with Crippen molar-refractivity contribution in [3.8, 4) is 5.75 Å². The van der Waals surface area contributed by atoms with E-state index in [-0.39, 0.29) is 15.8 Å². The molecule has 0 amide bonds. The summed E-state index contributed by atoms with van der Waals surface area (Å²) in [7, 11) is 1.60. The zero-order chi connectivity index (χ0) is 13.1. The fourth-order valence-electron chi connectivity index (χ4n) is 1.42. The van der Waals surface area contributed by atoms with Crippen molar-refractivity contribution >= 4 is 40.4 Å². The van der Waals surface area contributed by atoms with Gasteiger partial charge in [0.1, 0.15) is 5.75 Å². The van der Waals surface area contributed by atoms with Gasteiger partial charge in [-0.3, -0.25) is 4.79 Å². The summed E-state index contributed by atoms with van der Waals surface area (Å²) in [5.41, 5.74) is 1.26. The van der Waals surface area contributed by atoms with Crippen molar-refractivity contribution in [3.63, 3.8) is 0 Å². The lowest BCUT2D eigenvalue weighted by Crippen LogP contribution is -2.07. The molecule has 1 aliphatic rings. The number of allylic oxidation sites excluding steroid dienone is 4. The van der Waals surface area contributed by atoms with Crippen molar-refractivity contribution in [2.75, 3.05) is 7.11 Å². The Kier molecular flexibility index (Phi) is 3.84. The molecule has 0 heterocycles. The molecule has 5 heteroatoms. The van der Waals surface area contributed by atoms with Gasteiger partial charge in [-0.15, -0.1) is 0 Å². The second-order valence-electron chi connectivity index (χ2n) is 3.55. The maximum Gasteiger partial charge on any atom is 0.215 e. The van der Waals surface area contributed by atoms with Crippen LogP contribution in [0.4, 0.5) is 5.69 Å². The Hall–Kier alpha value is -1.58. The number of rotatable bonds is 2. The Balaban J connectivity index is 2.30. The first-order chi connectivity index (χ1) is 8.60. The summed E-state index contributed by atoms with van der Waals surface area (Å²) in [5.74, 6) is 0.368. The van der Waals surface area contributed by atoms with Crippen molar-refractivity contribution in [3.05, 3.63) is 46.5 Å². The Labute approximate surface area is 114 Å². The molecule has 0 aromatic heterocycles.